The lowest BCUT2D eigenvalue weighted by molar-refractivity contribution is -0.141. The number of aromatic nitrogens is 3. The molecule has 1 aliphatic carbocycles. The normalized spacial score (nSPS) is 23.4. The molecule has 7 N–H and O–H groups in total. The van der Waals surface area contributed by atoms with Crippen LogP contribution in [0.5, 0.6) is 5.75 Å². The Morgan fingerprint density at radius 1 is 0.986 bits per heavy atom. The molecule has 2 aromatic heterocycles. The maximum Gasteiger partial charge on any atom is 0.243 e. The van der Waals surface area contributed by atoms with Crippen molar-refractivity contribution in [3.8, 4) is 23.7 Å². The molecule has 3 saturated heterocycles. The molecule has 4 aliphatic heterocycles. The van der Waals surface area contributed by atoms with Crippen molar-refractivity contribution >= 4 is 28.9 Å². The molecular weight excluding hydrogens is 899 g/mol. The molecule has 0 spiro atoms. The fourth-order valence-electron chi connectivity index (χ4n) is 10.6. The smallest absolute Gasteiger partial charge is 0.243 e. The largest absolute Gasteiger partial charge is 0.507 e. The van der Waals surface area contributed by atoms with Crippen LogP contribution in [0.1, 0.15) is 119 Å². The van der Waals surface area contributed by atoms with Gasteiger partial charge in [0.15, 0.2) is 11.6 Å². The maximum atomic E-state index is 14.2. The van der Waals surface area contributed by atoms with Crippen molar-refractivity contribution in [2.75, 3.05) is 44.2 Å². The summed E-state index contributed by atoms with van der Waals surface area (Å²) in [4.78, 5) is 34.2. The van der Waals surface area contributed by atoms with Gasteiger partial charge in [0.25, 0.3) is 0 Å². The van der Waals surface area contributed by atoms with Gasteiger partial charge in [-0.3, -0.25) is 25.1 Å². The minimum atomic E-state index is -0.822. The standard InChI is InChI=1S/C54H67N11O6/c1-33(2)51(54(69)64-32-41(66)25-47(64)53(68)58-35(4)39-13-11-36(28-55)12-14-39)49-27-50(61-71-49)63-21-15-37(16-22-63)30-62-19-17-42(18-20-62)70-43-23-38(24-43)10-9-34(3)65-31-40(29-57-65)45-26-46(59-60-52(45)56)44-7-5-6-8-48(44)67/h5-8,11-14,26-27,29,31,33-35,37-38,41-43,47,51,59-60,66-67H,15-25,30,32,56H2,1-4H3,(H,58,68)/t34-,35+,38-,41-,43-,47+,51+/m1/s1. The van der Waals surface area contributed by atoms with Gasteiger partial charge >= 0.3 is 0 Å². The molecular formula is C54H67N11O6. The van der Waals surface area contributed by atoms with Gasteiger partial charge in [-0.05, 0) is 100 Å². The van der Waals surface area contributed by atoms with E-state index in [1.807, 2.05) is 62.8 Å². The van der Waals surface area contributed by atoms with Crippen LogP contribution in [0.15, 0.2) is 83.4 Å². The zero-order valence-electron chi connectivity index (χ0n) is 41.1. The van der Waals surface area contributed by atoms with Gasteiger partial charge in [-0.15, -0.1) is 0 Å². The zero-order chi connectivity index (χ0) is 49.8. The molecule has 5 aliphatic rings. The number of ether oxygens (including phenoxy) is 1. The number of piperidine rings is 2. The summed E-state index contributed by atoms with van der Waals surface area (Å²) in [6.07, 6.45) is 11.6. The number of allylic oxidation sites excluding steroid dienone is 2. The van der Waals surface area contributed by atoms with E-state index >= 15 is 0 Å². The highest BCUT2D eigenvalue weighted by atomic mass is 16.5. The van der Waals surface area contributed by atoms with Crippen LogP contribution >= 0.6 is 0 Å². The molecule has 0 unspecified atom stereocenters. The Morgan fingerprint density at radius 2 is 1.73 bits per heavy atom. The third-order valence-corrected chi connectivity index (χ3v) is 14.9. The van der Waals surface area contributed by atoms with E-state index in [-0.39, 0.29) is 60.7 Å². The predicted octanol–water partition coefficient (Wildman–Crippen LogP) is 5.54. The fourth-order valence-corrected chi connectivity index (χ4v) is 10.6. The first kappa shape index (κ1) is 49.2. The summed E-state index contributed by atoms with van der Waals surface area (Å²) in [5, 5.41) is 42.2. The first-order chi connectivity index (χ1) is 34.3. The Balaban J connectivity index is 0.688. The van der Waals surface area contributed by atoms with Crippen LogP contribution in [0.3, 0.4) is 0 Å². The van der Waals surface area contributed by atoms with Crippen LogP contribution in [-0.2, 0) is 14.3 Å². The number of amides is 2. The SMILES string of the molecule is CC(C)[C@H](C(=O)N1C[C@H](O)C[C@H]1C(=O)N[C@@H](C)c1ccc(C#N)cc1)c1cc(N2CCC(CN3CCC(O[C@H]4C[C@H](C#C[C@@H](C)n5cc(C6=C(N)NNC(c7ccccc7O)=C6)cn5)C4)CC3)CC2)no1. The molecule has 4 aromatic rings. The zero-order valence-corrected chi connectivity index (χ0v) is 41.1. The van der Waals surface area contributed by atoms with Crippen molar-refractivity contribution in [2.45, 2.75) is 115 Å². The molecule has 71 heavy (non-hydrogen) atoms. The van der Waals surface area contributed by atoms with Crippen LogP contribution in [0, 0.1) is 40.9 Å². The van der Waals surface area contributed by atoms with E-state index < -0.39 is 18.1 Å². The minimum absolute atomic E-state index is 0.0656. The first-order valence-corrected chi connectivity index (χ1v) is 25.3. The molecule has 2 aromatic carbocycles. The lowest BCUT2D eigenvalue weighted by Crippen LogP contribution is -2.48. The Morgan fingerprint density at radius 3 is 2.45 bits per heavy atom. The molecule has 9 rings (SSSR count). The second-order valence-electron chi connectivity index (χ2n) is 20.4. The molecule has 6 heterocycles. The van der Waals surface area contributed by atoms with Crippen LogP contribution in [0.2, 0.25) is 0 Å². The van der Waals surface area contributed by atoms with E-state index in [1.165, 1.54) is 4.90 Å². The molecule has 17 heteroatoms. The van der Waals surface area contributed by atoms with E-state index in [4.69, 9.17) is 20.3 Å². The highest BCUT2D eigenvalue weighted by Crippen LogP contribution is 2.36. The van der Waals surface area contributed by atoms with Crippen molar-refractivity contribution in [1.82, 2.24) is 40.9 Å². The number of phenols is 1. The molecule has 374 valence electrons. The van der Waals surface area contributed by atoms with Gasteiger partial charge in [0.05, 0.1) is 47.9 Å². The number of aromatic hydroxyl groups is 1. The predicted molar refractivity (Wildman–Crippen MR) is 268 cm³/mol. The number of hydrazine groups is 1. The summed E-state index contributed by atoms with van der Waals surface area (Å²) in [6, 6.07) is 16.9. The van der Waals surface area contributed by atoms with Crippen LogP contribution < -0.4 is 26.8 Å². The average molecular weight is 966 g/mol. The number of benzene rings is 2. The van der Waals surface area contributed by atoms with Gasteiger partial charge < -0.3 is 45.2 Å². The average Bonchev–Trinajstić information content (AvgIpc) is 4.14. The molecule has 0 bridgehead atoms. The summed E-state index contributed by atoms with van der Waals surface area (Å²) in [6.45, 7) is 12.7. The van der Waals surface area contributed by atoms with E-state index in [0.29, 0.717) is 40.2 Å². The van der Waals surface area contributed by atoms with E-state index in [2.05, 4.69) is 54.1 Å². The summed E-state index contributed by atoms with van der Waals surface area (Å²) >= 11 is 0. The van der Waals surface area contributed by atoms with Gasteiger partial charge in [-0.1, -0.05) is 55.1 Å². The van der Waals surface area contributed by atoms with E-state index in [0.717, 1.165) is 93.8 Å². The Kier molecular flexibility index (Phi) is 15.0. The fraction of sp³-hybridized carbons (Fsp3) is 0.500. The van der Waals surface area contributed by atoms with Crippen molar-refractivity contribution < 1.29 is 29.1 Å². The number of para-hydroxylation sites is 1. The van der Waals surface area contributed by atoms with Crippen LogP contribution in [-0.4, -0.2) is 110 Å². The molecule has 0 radical (unpaired) electrons. The third-order valence-electron chi connectivity index (χ3n) is 14.9. The van der Waals surface area contributed by atoms with Crippen molar-refractivity contribution in [3.05, 3.63) is 107 Å². The number of phenolic OH excluding ortho intramolecular Hbond substituents is 1. The number of aliphatic hydroxyl groups excluding tert-OH is 1. The number of hydrogen-bond acceptors (Lipinski definition) is 14. The summed E-state index contributed by atoms with van der Waals surface area (Å²) in [5.74, 6) is 8.22. The Hall–Kier alpha value is -6.79. The lowest BCUT2D eigenvalue weighted by Gasteiger charge is -2.40. The lowest BCUT2D eigenvalue weighted by atomic mass is 9.82. The number of hydrogen-bond donors (Lipinski definition) is 6. The van der Waals surface area contributed by atoms with Crippen LogP contribution in [0.4, 0.5) is 5.82 Å². The van der Waals surface area contributed by atoms with Gasteiger partial charge in [-0.25, -0.2) is 0 Å². The van der Waals surface area contributed by atoms with Gasteiger partial charge in [0.2, 0.25) is 11.8 Å². The second kappa shape index (κ2) is 21.7. The number of aliphatic hydroxyl groups is 1. The number of nitrogens with one attached hydrogen (secondary N) is 3. The number of likely N-dealkylation sites (tertiary alicyclic amines) is 2. The summed E-state index contributed by atoms with van der Waals surface area (Å²) in [5.41, 5.74) is 16.7. The third kappa shape index (κ3) is 11.4. The maximum absolute atomic E-state index is 14.2. The van der Waals surface area contributed by atoms with Crippen LogP contribution in [0.25, 0.3) is 11.3 Å². The van der Waals surface area contributed by atoms with Gasteiger partial charge in [0, 0.05) is 80.6 Å². The second-order valence-corrected chi connectivity index (χ2v) is 20.4. The van der Waals surface area contributed by atoms with E-state index in [1.54, 1.807) is 42.6 Å². The molecule has 4 fully saturated rings. The molecule has 1 saturated carbocycles. The number of nitriles is 1. The number of carbonyl (C=O) groups excluding carboxylic acids is 2. The van der Waals surface area contributed by atoms with Crippen molar-refractivity contribution in [3.63, 3.8) is 0 Å². The summed E-state index contributed by atoms with van der Waals surface area (Å²) < 4.78 is 14.3. The minimum Gasteiger partial charge on any atom is -0.507 e. The number of anilines is 1. The van der Waals surface area contributed by atoms with Gasteiger partial charge in [0.1, 0.15) is 29.6 Å². The Bertz CT molecular complexity index is 2690. The quantitative estimate of drug-likeness (QED) is 0.0855. The molecule has 2 amide bonds. The monoisotopic (exact) mass is 966 g/mol. The first-order valence-electron chi connectivity index (χ1n) is 25.3. The number of β-amino-alcohol motifs (C(OH)–C–C–N with tert-alkyl or cyclic N) is 1. The number of nitrogens with zero attached hydrogens (tertiary/aromatic N) is 7. The highest BCUT2D eigenvalue weighted by Gasteiger charge is 2.44. The van der Waals surface area contributed by atoms with Crippen molar-refractivity contribution in [2.24, 2.45) is 23.5 Å². The topological polar surface area (TPSA) is 223 Å². The summed E-state index contributed by atoms with van der Waals surface area (Å²) in [7, 11) is 0. The molecule has 5 atom stereocenters. The Labute approximate surface area is 416 Å². The number of nitrogens with two attached hydrogens (primary N) is 1. The van der Waals surface area contributed by atoms with Crippen molar-refractivity contribution in [1.29, 1.82) is 5.26 Å². The van der Waals surface area contributed by atoms with E-state index in [9.17, 15) is 19.8 Å². The number of rotatable bonds is 14. The number of carbonyl (C=O) groups is 2. The molecule has 17 nitrogen and oxygen atoms in total. The van der Waals surface area contributed by atoms with Gasteiger partial charge in [-0.2, -0.15) is 10.4 Å². The highest BCUT2D eigenvalue weighted by molar-refractivity contribution is 5.91.